The summed E-state index contributed by atoms with van der Waals surface area (Å²) in [7, 11) is 0. The van der Waals surface area contributed by atoms with Gasteiger partial charge in [0.1, 0.15) is 0 Å². The fraction of sp³-hybridized carbons (Fsp3) is 0.417. The van der Waals surface area contributed by atoms with Crippen LogP contribution in [0.3, 0.4) is 0 Å². The maximum absolute atomic E-state index is 12.0. The third-order valence-electron chi connectivity index (χ3n) is 2.99. The van der Waals surface area contributed by atoms with Gasteiger partial charge in [-0.3, -0.25) is 0 Å². The summed E-state index contributed by atoms with van der Waals surface area (Å²) in [5, 5.41) is 6.17. The number of amides is 1. The molecular weight excluding hydrogens is 311 g/mol. The molecule has 2 aliphatic rings. The molecule has 2 heterocycles. The van der Waals surface area contributed by atoms with E-state index in [0.29, 0.717) is 19.6 Å². The Hall–Kier alpha value is -1.27. The molecule has 0 bridgehead atoms. The molecule has 19 heavy (non-hydrogen) atoms. The van der Waals surface area contributed by atoms with Crippen LogP contribution in [0.5, 0.6) is 0 Å². The summed E-state index contributed by atoms with van der Waals surface area (Å²) in [5.41, 5.74) is 2.43. The van der Waals surface area contributed by atoms with Gasteiger partial charge in [-0.1, -0.05) is 0 Å². The van der Waals surface area contributed by atoms with Gasteiger partial charge in [-0.05, 0) is 0 Å². The number of benzene rings is 1. The van der Waals surface area contributed by atoms with Crippen LogP contribution >= 0.6 is 0 Å². The second-order valence-corrected chi connectivity index (χ2v) is 5.52. The van der Waals surface area contributed by atoms with Gasteiger partial charge in [0.2, 0.25) is 0 Å². The average molecular weight is 325 g/mol. The third kappa shape index (κ3) is 3.01. The number of ether oxygens (including phenoxy) is 1. The SMILES string of the molecule is O=C(CC1COCCN1)Nc1cccc2c1N=[Se]=N2. The van der Waals surface area contributed by atoms with Crippen molar-refractivity contribution >= 4 is 37.5 Å². The van der Waals surface area contributed by atoms with Crippen LogP contribution < -0.4 is 10.6 Å². The molecular formula is C12H14N4O2Se. The Morgan fingerprint density at radius 2 is 2.47 bits per heavy atom. The van der Waals surface area contributed by atoms with Crippen LogP contribution in [0.15, 0.2) is 26.1 Å². The number of anilines is 1. The van der Waals surface area contributed by atoms with Crippen LogP contribution in [0, 0.1) is 0 Å². The number of hydrogen-bond acceptors (Lipinski definition) is 5. The second kappa shape index (κ2) is 5.79. The zero-order valence-electron chi connectivity index (χ0n) is 10.3. The van der Waals surface area contributed by atoms with Gasteiger partial charge >= 0.3 is 116 Å². The van der Waals surface area contributed by atoms with Gasteiger partial charge in [0.05, 0.1) is 0 Å². The van der Waals surface area contributed by atoms with Gasteiger partial charge in [0, 0.05) is 0 Å². The van der Waals surface area contributed by atoms with E-state index in [1.165, 1.54) is 0 Å². The maximum atomic E-state index is 12.0. The van der Waals surface area contributed by atoms with E-state index in [0.717, 1.165) is 23.6 Å². The Labute approximate surface area is 116 Å². The first-order valence-electron chi connectivity index (χ1n) is 6.15. The molecule has 1 unspecified atom stereocenters. The molecule has 2 N–H and O–H groups in total. The second-order valence-electron chi connectivity index (χ2n) is 4.42. The van der Waals surface area contributed by atoms with E-state index >= 15 is 0 Å². The normalized spacial score (nSPS) is 20.7. The molecule has 2 aliphatic heterocycles. The summed E-state index contributed by atoms with van der Waals surface area (Å²) in [5.74, 6) is -0.0222. The van der Waals surface area contributed by atoms with E-state index in [-0.39, 0.29) is 26.5 Å². The zero-order valence-corrected chi connectivity index (χ0v) is 12.0. The van der Waals surface area contributed by atoms with Crippen LogP contribution in [-0.2, 0) is 9.53 Å². The molecule has 1 aromatic rings. The monoisotopic (exact) mass is 326 g/mol. The minimum atomic E-state index is -0.0814. The van der Waals surface area contributed by atoms with Crippen LogP contribution in [0.25, 0.3) is 0 Å². The van der Waals surface area contributed by atoms with Gasteiger partial charge < -0.3 is 0 Å². The number of nitrogens with zero attached hydrogens (tertiary/aromatic N) is 2. The molecule has 100 valence electrons. The molecule has 3 rings (SSSR count). The Balaban J connectivity index is 1.64. The van der Waals surface area contributed by atoms with Crippen molar-refractivity contribution in [1.29, 1.82) is 0 Å². The summed E-state index contributed by atoms with van der Waals surface area (Å²) in [6, 6.07) is 5.76. The van der Waals surface area contributed by atoms with E-state index in [9.17, 15) is 4.79 Å². The summed E-state index contributed by atoms with van der Waals surface area (Å²) < 4.78 is 14.0. The molecule has 0 aliphatic carbocycles. The third-order valence-corrected chi connectivity index (χ3v) is 4.13. The van der Waals surface area contributed by atoms with Crippen molar-refractivity contribution in [2.24, 2.45) is 7.92 Å². The molecule has 0 spiro atoms. The van der Waals surface area contributed by atoms with E-state index in [1.807, 2.05) is 18.2 Å². The van der Waals surface area contributed by atoms with Crippen molar-refractivity contribution in [1.82, 2.24) is 5.32 Å². The topological polar surface area (TPSA) is 75.1 Å². The fourth-order valence-electron chi connectivity index (χ4n) is 2.08. The molecule has 1 amide bonds. The Kier molecular flexibility index (Phi) is 3.89. The zero-order chi connectivity index (χ0) is 13.1. The molecule has 0 aromatic heterocycles. The Bertz CT molecular complexity index is 563. The molecule has 1 atom stereocenters. The van der Waals surface area contributed by atoms with Crippen LogP contribution in [0.4, 0.5) is 17.1 Å². The molecule has 6 nitrogen and oxygen atoms in total. The minimum absolute atomic E-state index is 0.0222. The average Bonchev–Trinajstić information content (AvgIpc) is 2.89. The summed E-state index contributed by atoms with van der Waals surface area (Å²) in [6.07, 6.45) is 0.409. The molecule has 1 fully saturated rings. The molecule has 0 radical (unpaired) electrons. The molecule has 1 aromatic carbocycles. The predicted octanol–water partition coefficient (Wildman–Crippen LogP) is 1.35. The van der Waals surface area contributed by atoms with Crippen LogP contribution in [0.1, 0.15) is 6.42 Å². The van der Waals surface area contributed by atoms with Crippen molar-refractivity contribution in [2.75, 3.05) is 25.1 Å². The number of nitrogens with one attached hydrogen (secondary N) is 2. The standard InChI is InChI=1S/C12H14N4O2Se/c17-11(6-8-7-18-5-4-13-8)14-9-2-1-3-10-12(9)16-19-15-10/h1-3,8,13H,4-7H2,(H,14,17). The van der Waals surface area contributed by atoms with E-state index in [2.05, 4.69) is 18.6 Å². The van der Waals surface area contributed by atoms with Crippen molar-refractivity contribution in [3.63, 3.8) is 0 Å². The summed E-state index contributed by atoms with van der Waals surface area (Å²) in [6.45, 7) is 2.10. The van der Waals surface area contributed by atoms with Gasteiger partial charge in [-0.2, -0.15) is 0 Å². The fourth-order valence-corrected chi connectivity index (χ4v) is 3.24. The summed E-state index contributed by atoms with van der Waals surface area (Å²) in [4.78, 5) is 12.0. The first kappa shape index (κ1) is 12.7. The van der Waals surface area contributed by atoms with Crippen molar-refractivity contribution in [3.05, 3.63) is 18.2 Å². The summed E-state index contributed by atoms with van der Waals surface area (Å²) >= 11 is -0.0814. The number of carbonyl (C=O) groups excluding carboxylic acids is 1. The van der Waals surface area contributed by atoms with Crippen LogP contribution in [0.2, 0.25) is 0 Å². The van der Waals surface area contributed by atoms with Gasteiger partial charge in [0.15, 0.2) is 0 Å². The van der Waals surface area contributed by atoms with Crippen molar-refractivity contribution in [2.45, 2.75) is 12.5 Å². The van der Waals surface area contributed by atoms with Gasteiger partial charge in [-0.25, -0.2) is 0 Å². The molecule has 1 saturated heterocycles. The molecule has 7 heteroatoms. The van der Waals surface area contributed by atoms with Crippen molar-refractivity contribution < 1.29 is 9.53 Å². The van der Waals surface area contributed by atoms with Gasteiger partial charge in [-0.15, -0.1) is 0 Å². The first-order chi connectivity index (χ1) is 9.33. The number of carbonyl (C=O) groups is 1. The first-order valence-corrected chi connectivity index (χ1v) is 7.68. The number of fused-ring (bicyclic) bond motifs is 1. The van der Waals surface area contributed by atoms with E-state index in [4.69, 9.17) is 4.74 Å². The van der Waals surface area contributed by atoms with E-state index < -0.39 is 0 Å². The Morgan fingerprint density at radius 1 is 1.53 bits per heavy atom. The Morgan fingerprint density at radius 3 is 3.32 bits per heavy atom. The van der Waals surface area contributed by atoms with Crippen LogP contribution in [-0.4, -0.2) is 46.3 Å². The number of hydrogen-bond donors (Lipinski definition) is 2. The number of morpholine rings is 1. The van der Waals surface area contributed by atoms with Gasteiger partial charge in [0.25, 0.3) is 0 Å². The van der Waals surface area contributed by atoms with E-state index in [1.54, 1.807) is 0 Å². The molecule has 0 saturated carbocycles. The predicted molar refractivity (Wildman–Crippen MR) is 72.2 cm³/mol. The number of rotatable bonds is 3. The van der Waals surface area contributed by atoms with Crippen molar-refractivity contribution in [3.8, 4) is 0 Å². The quantitative estimate of drug-likeness (QED) is 0.837.